The average molecular weight is 520 g/mol. The van der Waals surface area contributed by atoms with Crippen LogP contribution in [0.3, 0.4) is 0 Å². The number of nitrogens with one attached hydrogen (secondary N) is 5. The number of nitrogens with zero attached hydrogens (tertiary/aromatic N) is 2. The fourth-order valence-corrected chi connectivity index (χ4v) is 3.31. The number of amides is 4. The zero-order valence-corrected chi connectivity index (χ0v) is 20.6. The molecule has 0 aliphatic carbocycles. The minimum absolute atomic E-state index is 0.0249. The second kappa shape index (κ2) is 13.7. The lowest BCUT2D eigenvalue weighted by Gasteiger charge is -2.25. The van der Waals surface area contributed by atoms with E-state index in [4.69, 9.17) is 11.5 Å². The first-order valence-electron chi connectivity index (χ1n) is 11.6. The number of carbonyl (C=O) groups excluding carboxylic acids is 4. The van der Waals surface area contributed by atoms with Crippen LogP contribution in [0.25, 0.3) is 0 Å². The summed E-state index contributed by atoms with van der Waals surface area (Å²) in [6.45, 7) is 3.52. The highest BCUT2D eigenvalue weighted by atomic mass is 16.4. The van der Waals surface area contributed by atoms with Crippen LogP contribution in [0, 0.1) is 5.92 Å². The molecule has 0 bridgehead atoms. The predicted molar refractivity (Wildman–Crippen MR) is 129 cm³/mol. The number of nitrogens with two attached hydrogens (primary N) is 2. The number of aromatic amines is 2. The summed E-state index contributed by atoms with van der Waals surface area (Å²) in [5.74, 6) is -4.36. The number of H-pyrrole nitrogens is 2. The number of carboxylic acids is 1. The van der Waals surface area contributed by atoms with Crippen LogP contribution < -0.4 is 27.4 Å². The summed E-state index contributed by atoms with van der Waals surface area (Å²) in [5, 5.41) is 17.0. The van der Waals surface area contributed by atoms with Crippen LogP contribution >= 0.6 is 0 Å². The molecule has 4 amide bonds. The van der Waals surface area contributed by atoms with Gasteiger partial charge in [-0.3, -0.25) is 19.2 Å². The van der Waals surface area contributed by atoms with Crippen LogP contribution in [0.2, 0.25) is 0 Å². The number of carboxylic acid groups (broad SMARTS) is 1. The van der Waals surface area contributed by atoms with Crippen LogP contribution in [0.15, 0.2) is 25.0 Å². The maximum absolute atomic E-state index is 13.3. The number of hydrogen-bond donors (Lipinski definition) is 8. The van der Waals surface area contributed by atoms with Crippen molar-refractivity contribution in [2.45, 2.75) is 63.7 Å². The maximum Gasteiger partial charge on any atom is 0.326 e. The van der Waals surface area contributed by atoms with Crippen molar-refractivity contribution < 1.29 is 29.1 Å². The molecule has 0 saturated heterocycles. The number of hydrogen-bond acceptors (Lipinski definition) is 8. The molecule has 2 heterocycles. The fraction of sp³-hybridized carbons (Fsp3) is 0.500. The Bertz CT molecular complexity index is 1050. The topological polar surface area (TPSA) is 251 Å². The molecule has 15 nitrogen and oxygen atoms in total. The van der Waals surface area contributed by atoms with Gasteiger partial charge in [-0.1, -0.05) is 13.8 Å². The van der Waals surface area contributed by atoms with E-state index in [9.17, 15) is 29.1 Å². The van der Waals surface area contributed by atoms with Crippen molar-refractivity contribution >= 4 is 29.6 Å². The summed E-state index contributed by atoms with van der Waals surface area (Å²) >= 11 is 0. The molecule has 2 rings (SSSR count). The third kappa shape index (κ3) is 9.36. The third-order valence-corrected chi connectivity index (χ3v) is 5.54. The van der Waals surface area contributed by atoms with Gasteiger partial charge in [-0.2, -0.15) is 0 Å². The van der Waals surface area contributed by atoms with Gasteiger partial charge in [0.05, 0.1) is 18.7 Å². The van der Waals surface area contributed by atoms with E-state index in [1.165, 1.54) is 25.0 Å². The van der Waals surface area contributed by atoms with Gasteiger partial charge in [-0.05, 0) is 12.3 Å². The summed E-state index contributed by atoms with van der Waals surface area (Å²) in [6.07, 6.45) is 5.20. The lowest BCUT2D eigenvalue weighted by atomic mass is 10.0. The quantitative estimate of drug-likeness (QED) is 0.126. The van der Waals surface area contributed by atoms with E-state index in [2.05, 4.69) is 35.9 Å². The molecule has 10 N–H and O–H groups in total. The number of aliphatic carboxylic acids is 1. The normalized spacial score (nSPS) is 14.3. The Balaban J connectivity index is 2.23. The Hall–Kier alpha value is -4.27. The van der Waals surface area contributed by atoms with Gasteiger partial charge in [-0.15, -0.1) is 0 Å². The van der Waals surface area contributed by atoms with Gasteiger partial charge in [0.15, 0.2) is 0 Å². The van der Waals surface area contributed by atoms with Gasteiger partial charge < -0.3 is 42.5 Å². The van der Waals surface area contributed by atoms with Crippen LogP contribution in [0.5, 0.6) is 0 Å². The molecule has 0 spiro atoms. The lowest BCUT2D eigenvalue weighted by Crippen LogP contribution is -2.58. The number of imidazole rings is 2. The van der Waals surface area contributed by atoms with Crippen molar-refractivity contribution in [1.29, 1.82) is 0 Å². The van der Waals surface area contributed by atoms with E-state index in [0.29, 0.717) is 11.4 Å². The smallest absolute Gasteiger partial charge is 0.326 e. The molecule has 37 heavy (non-hydrogen) atoms. The lowest BCUT2D eigenvalue weighted by molar-refractivity contribution is -0.142. The summed E-state index contributed by atoms with van der Waals surface area (Å²) in [7, 11) is 0. The minimum atomic E-state index is -1.41. The highest BCUT2D eigenvalue weighted by Gasteiger charge is 2.31. The second-order valence-electron chi connectivity index (χ2n) is 8.86. The Morgan fingerprint density at radius 2 is 1.32 bits per heavy atom. The van der Waals surface area contributed by atoms with Gasteiger partial charge in [0.1, 0.15) is 18.1 Å². The van der Waals surface area contributed by atoms with E-state index >= 15 is 0 Å². The van der Waals surface area contributed by atoms with Gasteiger partial charge in [0.2, 0.25) is 23.6 Å². The van der Waals surface area contributed by atoms with Crippen molar-refractivity contribution in [2.75, 3.05) is 0 Å². The molecule has 0 saturated carbocycles. The van der Waals surface area contributed by atoms with Crippen LogP contribution in [-0.4, -0.2) is 78.8 Å². The first-order valence-corrected chi connectivity index (χ1v) is 11.6. The molecule has 15 heteroatoms. The molecule has 0 fully saturated rings. The van der Waals surface area contributed by atoms with E-state index in [-0.39, 0.29) is 31.6 Å². The Morgan fingerprint density at radius 3 is 1.70 bits per heavy atom. The van der Waals surface area contributed by atoms with Gasteiger partial charge in [0, 0.05) is 43.0 Å². The summed E-state index contributed by atoms with van der Waals surface area (Å²) in [5.41, 5.74) is 12.1. The molecule has 0 aliphatic rings. The first-order chi connectivity index (χ1) is 17.5. The van der Waals surface area contributed by atoms with Gasteiger partial charge in [0.25, 0.3) is 0 Å². The standard InChI is InChI=1S/C22H33N9O6/c1-11(2)18(24)21(35)31-16(6-13-8-26-10-28-13)20(34)30-15(5-12-7-25-9-27-12)19(33)29-14(22(36)37)3-4-17(23)32/h7-11,14-16,18H,3-6,24H2,1-2H3,(H2,23,32)(H,25,27)(H,26,28)(H,29,33)(H,30,34)(H,31,35)(H,36,37). The minimum Gasteiger partial charge on any atom is -0.480 e. The largest absolute Gasteiger partial charge is 0.480 e. The van der Waals surface area contributed by atoms with Gasteiger partial charge >= 0.3 is 5.97 Å². The van der Waals surface area contributed by atoms with Crippen LogP contribution in [0.4, 0.5) is 0 Å². The molecular weight excluding hydrogens is 486 g/mol. The number of carbonyl (C=O) groups is 5. The van der Waals surface area contributed by atoms with E-state index in [1.54, 1.807) is 13.8 Å². The molecule has 0 radical (unpaired) electrons. The highest BCUT2D eigenvalue weighted by Crippen LogP contribution is 2.06. The molecule has 0 aliphatic heterocycles. The molecule has 4 atom stereocenters. The first kappa shape index (κ1) is 29.0. The van der Waals surface area contributed by atoms with Gasteiger partial charge in [-0.25, -0.2) is 14.8 Å². The molecule has 0 aromatic carbocycles. The zero-order valence-electron chi connectivity index (χ0n) is 20.6. The molecule has 202 valence electrons. The zero-order chi connectivity index (χ0) is 27.5. The monoisotopic (exact) mass is 519 g/mol. The molecule has 2 aromatic rings. The van der Waals surface area contributed by atoms with Crippen LogP contribution in [0.1, 0.15) is 38.1 Å². The third-order valence-electron chi connectivity index (χ3n) is 5.54. The number of aromatic nitrogens is 4. The number of primary amides is 1. The summed E-state index contributed by atoms with van der Waals surface area (Å²) < 4.78 is 0. The van der Waals surface area contributed by atoms with Crippen molar-refractivity contribution in [3.8, 4) is 0 Å². The predicted octanol–water partition coefficient (Wildman–Crippen LogP) is -2.29. The maximum atomic E-state index is 13.3. The van der Waals surface area contributed by atoms with E-state index < -0.39 is 53.8 Å². The molecular formula is C22H33N9O6. The van der Waals surface area contributed by atoms with E-state index in [0.717, 1.165) is 0 Å². The summed E-state index contributed by atoms with van der Waals surface area (Å²) in [6, 6.07) is -4.66. The second-order valence-corrected chi connectivity index (χ2v) is 8.86. The molecule has 4 unspecified atom stereocenters. The van der Waals surface area contributed by atoms with Crippen molar-refractivity contribution in [3.63, 3.8) is 0 Å². The average Bonchev–Trinajstić information content (AvgIpc) is 3.54. The SMILES string of the molecule is CC(C)C(N)C(=O)NC(Cc1cnc[nH]1)C(=O)NC(Cc1cnc[nH]1)C(=O)NC(CCC(N)=O)C(=O)O. The van der Waals surface area contributed by atoms with Crippen molar-refractivity contribution in [1.82, 2.24) is 35.9 Å². The Kier molecular flexibility index (Phi) is 10.7. The number of rotatable bonds is 15. The Morgan fingerprint density at radius 1 is 0.865 bits per heavy atom. The molecule has 2 aromatic heterocycles. The Labute approximate surface area is 212 Å². The van der Waals surface area contributed by atoms with Crippen molar-refractivity contribution in [2.24, 2.45) is 17.4 Å². The summed E-state index contributed by atoms with van der Waals surface area (Å²) in [4.78, 5) is 75.1. The van der Waals surface area contributed by atoms with Crippen molar-refractivity contribution in [3.05, 3.63) is 36.4 Å². The fourth-order valence-electron chi connectivity index (χ4n) is 3.31. The van der Waals surface area contributed by atoms with E-state index in [1.807, 2.05) is 0 Å². The highest BCUT2D eigenvalue weighted by molar-refractivity contribution is 5.94. The van der Waals surface area contributed by atoms with Crippen LogP contribution in [-0.2, 0) is 36.8 Å².